The third-order valence-corrected chi connectivity index (χ3v) is 3.86. The van der Waals surface area contributed by atoms with E-state index in [1.807, 2.05) is 36.2 Å². The molecule has 21 heavy (non-hydrogen) atoms. The van der Waals surface area contributed by atoms with E-state index >= 15 is 0 Å². The predicted octanol–water partition coefficient (Wildman–Crippen LogP) is 2.29. The summed E-state index contributed by atoms with van der Waals surface area (Å²) in [5.41, 5.74) is 1.16. The Labute approximate surface area is 127 Å². The van der Waals surface area contributed by atoms with E-state index in [9.17, 15) is 4.79 Å². The summed E-state index contributed by atoms with van der Waals surface area (Å²) in [6.45, 7) is 7.05. The summed E-state index contributed by atoms with van der Waals surface area (Å²) in [7, 11) is 1.91. The number of benzene rings is 1. The van der Waals surface area contributed by atoms with Crippen LogP contribution in [0.5, 0.6) is 5.75 Å². The first kappa shape index (κ1) is 15.8. The van der Waals surface area contributed by atoms with Gasteiger partial charge in [0.25, 0.3) is 5.91 Å². The Balaban J connectivity index is 1.87. The van der Waals surface area contributed by atoms with Crippen LogP contribution in [0, 0.1) is 11.8 Å². The second-order valence-corrected chi connectivity index (χ2v) is 6.21. The van der Waals surface area contributed by atoms with Crippen LogP contribution in [0.1, 0.15) is 25.8 Å². The molecule has 0 spiro atoms. The molecule has 0 bridgehead atoms. The van der Waals surface area contributed by atoms with Gasteiger partial charge in [-0.05, 0) is 43.0 Å². The highest BCUT2D eigenvalue weighted by Crippen LogP contribution is 2.21. The number of ether oxygens (including phenoxy) is 1. The van der Waals surface area contributed by atoms with E-state index in [1.165, 1.54) is 6.42 Å². The molecule has 2 atom stereocenters. The number of hydrogen-bond donors (Lipinski definition) is 1. The van der Waals surface area contributed by atoms with Crippen molar-refractivity contribution >= 4 is 5.91 Å². The molecule has 4 nitrogen and oxygen atoms in total. The topological polar surface area (TPSA) is 41.6 Å². The molecule has 0 saturated carbocycles. The first-order valence-electron chi connectivity index (χ1n) is 7.72. The molecule has 1 fully saturated rings. The fraction of sp³-hybridized carbons (Fsp3) is 0.588. The molecule has 1 saturated heterocycles. The zero-order valence-electron chi connectivity index (χ0n) is 13.3. The Morgan fingerprint density at radius 1 is 1.33 bits per heavy atom. The average Bonchev–Trinajstić information content (AvgIpc) is 2.44. The largest absolute Gasteiger partial charge is 0.484 e. The standard InChI is InChI=1S/C17H26N2O2/c1-13-7-14(2)11-19(10-13)17(20)12-21-16-6-4-5-15(8-16)9-18-3/h4-6,8,13-14,18H,7,9-12H2,1-3H3. The Hall–Kier alpha value is -1.55. The zero-order valence-corrected chi connectivity index (χ0v) is 13.3. The van der Waals surface area contributed by atoms with Gasteiger partial charge in [-0.1, -0.05) is 26.0 Å². The maximum absolute atomic E-state index is 12.3. The van der Waals surface area contributed by atoms with E-state index in [4.69, 9.17) is 4.74 Å². The SMILES string of the molecule is CNCc1cccc(OCC(=O)N2CC(C)CC(C)C2)c1. The second kappa shape index (κ2) is 7.46. The van der Waals surface area contributed by atoms with Crippen LogP contribution >= 0.6 is 0 Å². The Morgan fingerprint density at radius 3 is 2.71 bits per heavy atom. The fourth-order valence-corrected chi connectivity index (χ4v) is 3.05. The van der Waals surface area contributed by atoms with Crippen LogP contribution in [0.15, 0.2) is 24.3 Å². The van der Waals surface area contributed by atoms with Gasteiger partial charge in [-0.2, -0.15) is 0 Å². The molecule has 1 N–H and O–H groups in total. The minimum Gasteiger partial charge on any atom is -0.484 e. The third kappa shape index (κ3) is 4.74. The van der Waals surface area contributed by atoms with E-state index < -0.39 is 0 Å². The third-order valence-electron chi connectivity index (χ3n) is 3.86. The van der Waals surface area contributed by atoms with Crippen LogP contribution in [0.3, 0.4) is 0 Å². The predicted molar refractivity (Wildman–Crippen MR) is 84.2 cm³/mol. The molecule has 1 aromatic carbocycles. The number of rotatable bonds is 5. The molecule has 1 amide bonds. The first-order valence-corrected chi connectivity index (χ1v) is 7.72. The van der Waals surface area contributed by atoms with E-state index in [-0.39, 0.29) is 12.5 Å². The maximum atomic E-state index is 12.3. The molecule has 4 heteroatoms. The Kier molecular flexibility index (Phi) is 5.62. The lowest BCUT2D eigenvalue weighted by Gasteiger charge is -2.34. The van der Waals surface area contributed by atoms with Crippen LogP contribution in [-0.2, 0) is 11.3 Å². The van der Waals surface area contributed by atoms with Crippen molar-refractivity contribution in [2.24, 2.45) is 11.8 Å². The van der Waals surface area contributed by atoms with Crippen LogP contribution < -0.4 is 10.1 Å². The van der Waals surface area contributed by atoms with Crippen molar-refractivity contribution in [1.82, 2.24) is 10.2 Å². The van der Waals surface area contributed by atoms with Crippen molar-refractivity contribution < 1.29 is 9.53 Å². The molecular weight excluding hydrogens is 264 g/mol. The van der Waals surface area contributed by atoms with Gasteiger partial charge in [0, 0.05) is 19.6 Å². The first-order chi connectivity index (χ1) is 10.1. The molecule has 1 aliphatic rings. The van der Waals surface area contributed by atoms with Gasteiger partial charge in [0.1, 0.15) is 5.75 Å². The minimum absolute atomic E-state index is 0.0902. The van der Waals surface area contributed by atoms with Gasteiger partial charge in [0.05, 0.1) is 0 Å². The summed E-state index contributed by atoms with van der Waals surface area (Å²) in [6, 6.07) is 7.87. The van der Waals surface area contributed by atoms with Gasteiger partial charge in [0.2, 0.25) is 0 Å². The molecule has 1 aliphatic heterocycles. The van der Waals surface area contributed by atoms with Crippen molar-refractivity contribution in [2.75, 3.05) is 26.7 Å². The number of likely N-dealkylation sites (tertiary alicyclic amines) is 1. The second-order valence-electron chi connectivity index (χ2n) is 6.21. The molecule has 116 valence electrons. The number of piperidine rings is 1. The summed E-state index contributed by atoms with van der Waals surface area (Å²) in [6.07, 6.45) is 1.21. The van der Waals surface area contributed by atoms with E-state index in [0.717, 1.165) is 30.9 Å². The molecule has 2 unspecified atom stereocenters. The van der Waals surface area contributed by atoms with E-state index in [1.54, 1.807) is 0 Å². The zero-order chi connectivity index (χ0) is 15.2. The van der Waals surface area contributed by atoms with Crippen molar-refractivity contribution in [2.45, 2.75) is 26.8 Å². The molecule has 0 radical (unpaired) electrons. The van der Waals surface area contributed by atoms with Gasteiger partial charge < -0.3 is 15.0 Å². The van der Waals surface area contributed by atoms with E-state index in [2.05, 4.69) is 19.2 Å². The quantitative estimate of drug-likeness (QED) is 0.904. The summed E-state index contributed by atoms with van der Waals surface area (Å²) in [5, 5.41) is 3.11. The Bertz CT molecular complexity index is 466. The van der Waals surface area contributed by atoms with Gasteiger partial charge in [-0.3, -0.25) is 4.79 Å². The molecule has 2 rings (SSSR count). The van der Waals surface area contributed by atoms with Crippen molar-refractivity contribution in [3.8, 4) is 5.75 Å². The van der Waals surface area contributed by atoms with Crippen LogP contribution in [0.4, 0.5) is 0 Å². The van der Waals surface area contributed by atoms with Crippen molar-refractivity contribution in [3.63, 3.8) is 0 Å². The lowest BCUT2D eigenvalue weighted by molar-refractivity contribution is -0.136. The molecule has 1 aromatic rings. The normalized spacial score (nSPS) is 22.1. The number of carbonyl (C=O) groups is 1. The summed E-state index contributed by atoms with van der Waals surface area (Å²) in [4.78, 5) is 14.2. The molecular formula is C17H26N2O2. The van der Waals surface area contributed by atoms with Gasteiger partial charge in [0.15, 0.2) is 6.61 Å². The van der Waals surface area contributed by atoms with Crippen molar-refractivity contribution in [3.05, 3.63) is 29.8 Å². The molecule has 1 heterocycles. The average molecular weight is 290 g/mol. The Morgan fingerprint density at radius 2 is 2.05 bits per heavy atom. The monoisotopic (exact) mass is 290 g/mol. The highest BCUT2D eigenvalue weighted by Gasteiger charge is 2.25. The number of nitrogens with one attached hydrogen (secondary N) is 1. The lowest BCUT2D eigenvalue weighted by Crippen LogP contribution is -2.44. The summed E-state index contributed by atoms with van der Waals surface area (Å²) < 4.78 is 5.66. The summed E-state index contributed by atoms with van der Waals surface area (Å²) in [5.74, 6) is 2.01. The van der Waals surface area contributed by atoms with Gasteiger partial charge >= 0.3 is 0 Å². The molecule has 0 aliphatic carbocycles. The van der Waals surface area contributed by atoms with Crippen LogP contribution in [0.25, 0.3) is 0 Å². The van der Waals surface area contributed by atoms with Crippen LogP contribution in [-0.4, -0.2) is 37.6 Å². The van der Waals surface area contributed by atoms with Crippen molar-refractivity contribution in [1.29, 1.82) is 0 Å². The van der Waals surface area contributed by atoms with Crippen LogP contribution in [0.2, 0.25) is 0 Å². The lowest BCUT2D eigenvalue weighted by atomic mass is 9.92. The highest BCUT2D eigenvalue weighted by molar-refractivity contribution is 5.77. The number of hydrogen-bond acceptors (Lipinski definition) is 3. The number of amides is 1. The minimum atomic E-state index is 0.0902. The number of nitrogens with zero attached hydrogens (tertiary/aromatic N) is 1. The molecule has 0 aromatic heterocycles. The number of carbonyl (C=O) groups excluding carboxylic acids is 1. The van der Waals surface area contributed by atoms with E-state index in [0.29, 0.717) is 11.8 Å². The fourth-order valence-electron chi connectivity index (χ4n) is 3.05. The summed E-state index contributed by atoms with van der Waals surface area (Å²) >= 11 is 0. The maximum Gasteiger partial charge on any atom is 0.260 e. The highest BCUT2D eigenvalue weighted by atomic mass is 16.5. The smallest absolute Gasteiger partial charge is 0.260 e. The van der Waals surface area contributed by atoms with Gasteiger partial charge in [-0.25, -0.2) is 0 Å². The van der Waals surface area contributed by atoms with Gasteiger partial charge in [-0.15, -0.1) is 0 Å².